The Labute approximate surface area is 123 Å². The third kappa shape index (κ3) is 4.96. The van der Waals surface area contributed by atoms with Gasteiger partial charge in [-0.3, -0.25) is 14.5 Å². The van der Waals surface area contributed by atoms with Crippen molar-refractivity contribution >= 4 is 17.6 Å². The van der Waals surface area contributed by atoms with E-state index in [0.717, 1.165) is 0 Å². The Kier molecular flexibility index (Phi) is 5.98. The van der Waals surface area contributed by atoms with Crippen LogP contribution in [0.15, 0.2) is 18.2 Å². The molecular weight excluding hydrogens is 276 g/mol. The van der Waals surface area contributed by atoms with Gasteiger partial charge in [0.15, 0.2) is 0 Å². The van der Waals surface area contributed by atoms with Gasteiger partial charge in [-0.25, -0.2) is 0 Å². The summed E-state index contributed by atoms with van der Waals surface area (Å²) in [5.74, 6) is -0.192. The van der Waals surface area contributed by atoms with E-state index in [2.05, 4.69) is 5.32 Å². The Morgan fingerprint density at radius 1 is 1.24 bits per heavy atom. The van der Waals surface area contributed by atoms with Crippen molar-refractivity contribution in [2.45, 2.75) is 13.0 Å². The predicted octanol–water partition coefficient (Wildman–Crippen LogP) is 1.05. The van der Waals surface area contributed by atoms with Crippen molar-refractivity contribution in [1.29, 1.82) is 0 Å². The number of methoxy groups -OCH3 is 2. The molecule has 0 aliphatic rings. The van der Waals surface area contributed by atoms with Gasteiger partial charge >= 0.3 is 5.97 Å². The summed E-state index contributed by atoms with van der Waals surface area (Å²) in [6, 6.07) is 4.26. The molecule has 1 unspecified atom stereocenters. The number of carbonyl (C=O) groups excluding carboxylic acids is 1. The van der Waals surface area contributed by atoms with Gasteiger partial charge < -0.3 is 19.9 Å². The molecule has 0 radical (unpaired) electrons. The number of nitrogens with one attached hydrogen (secondary N) is 1. The molecular formula is C14H20N2O5. The van der Waals surface area contributed by atoms with Crippen LogP contribution in [-0.2, 0) is 9.59 Å². The van der Waals surface area contributed by atoms with E-state index in [0.29, 0.717) is 17.2 Å². The maximum Gasteiger partial charge on any atom is 0.320 e. The maximum atomic E-state index is 11.9. The SMILES string of the molecule is COc1cc(NC(=O)CN(C)C(C)C(=O)O)cc(OC)c1. The molecule has 1 rings (SSSR count). The van der Waals surface area contributed by atoms with Gasteiger partial charge in [0.25, 0.3) is 0 Å². The monoisotopic (exact) mass is 296 g/mol. The van der Waals surface area contributed by atoms with Crippen molar-refractivity contribution in [2.75, 3.05) is 33.1 Å². The van der Waals surface area contributed by atoms with E-state index < -0.39 is 12.0 Å². The average Bonchev–Trinajstić information content (AvgIpc) is 2.45. The number of aliphatic carboxylic acids is 1. The minimum Gasteiger partial charge on any atom is -0.497 e. The molecule has 0 bridgehead atoms. The fraction of sp³-hybridized carbons (Fsp3) is 0.429. The van der Waals surface area contributed by atoms with E-state index in [4.69, 9.17) is 14.6 Å². The summed E-state index contributed by atoms with van der Waals surface area (Å²) < 4.78 is 10.2. The number of carboxylic acid groups (broad SMARTS) is 1. The topological polar surface area (TPSA) is 88.1 Å². The second-order valence-corrected chi connectivity index (χ2v) is 4.58. The highest BCUT2D eigenvalue weighted by molar-refractivity contribution is 5.93. The number of ether oxygens (including phenoxy) is 2. The summed E-state index contributed by atoms with van der Waals surface area (Å²) in [7, 11) is 4.61. The molecule has 0 heterocycles. The van der Waals surface area contributed by atoms with Crippen LogP contribution in [0.1, 0.15) is 6.92 Å². The maximum absolute atomic E-state index is 11.9. The van der Waals surface area contributed by atoms with Crippen LogP contribution in [0, 0.1) is 0 Å². The summed E-state index contributed by atoms with van der Waals surface area (Å²) in [5, 5.41) is 11.6. The molecule has 21 heavy (non-hydrogen) atoms. The number of nitrogens with zero attached hydrogens (tertiary/aromatic N) is 1. The van der Waals surface area contributed by atoms with Gasteiger partial charge in [0.05, 0.1) is 20.8 Å². The molecule has 2 N–H and O–H groups in total. The van der Waals surface area contributed by atoms with Crippen molar-refractivity contribution in [1.82, 2.24) is 4.90 Å². The fourth-order valence-corrected chi connectivity index (χ4v) is 1.63. The molecule has 1 aromatic rings. The lowest BCUT2D eigenvalue weighted by Gasteiger charge is -2.20. The summed E-state index contributed by atoms with van der Waals surface area (Å²) in [6.45, 7) is 1.48. The number of rotatable bonds is 7. The molecule has 1 amide bonds. The van der Waals surface area contributed by atoms with Crippen molar-refractivity contribution in [3.8, 4) is 11.5 Å². The van der Waals surface area contributed by atoms with Crippen LogP contribution in [0.3, 0.4) is 0 Å². The molecule has 0 saturated heterocycles. The lowest BCUT2D eigenvalue weighted by molar-refractivity contribution is -0.142. The number of hydrogen-bond acceptors (Lipinski definition) is 5. The average molecular weight is 296 g/mol. The van der Waals surface area contributed by atoms with E-state index >= 15 is 0 Å². The first-order valence-corrected chi connectivity index (χ1v) is 6.33. The Bertz CT molecular complexity index is 496. The Morgan fingerprint density at radius 2 is 1.76 bits per heavy atom. The molecule has 0 aliphatic heterocycles. The minimum absolute atomic E-state index is 0.0347. The fourth-order valence-electron chi connectivity index (χ4n) is 1.63. The Balaban J connectivity index is 2.72. The summed E-state index contributed by atoms with van der Waals surface area (Å²) in [4.78, 5) is 24.2. The predicted molar refractivity (Wildman–Crippen MR) is 77.9 cm³/mol. The van der Waals surface area contributed by atoms with Gasteiger partial charge in [0, 0.05) is 23.9 Å². The molecule has 0 fully saturated rings. The second kappa shape index (κ2) is 7.49. The number of amides is 1. The normalized spacial score (nSPS) is 11.9. The van der Waals surface area contributed by atoms with E-state index in [9.17, 15) is 9.59 Å². The van der Waals surface area contributed by atoms with Gasteiger partial charge in [-0.15, -0.1) is 0 Å². The highest BCUT2D eigenvalue weighted by atomic mass is 16.5. The van der Waals surface area contributed by atoms with Gasteiger partial charge in [-0.1, -0.05) is 0 Å². The van der Waals surface area contributed by atoms with E-state index in [1.54, 1.807) is 25.2 Å². The van der Waals surface area contributed by atoms with Crippen LogP contribution >= 0.6 is 0 Å². The summed E-state index contributed by atoms with van der Waals surface area (Å²) in [5.41, 5.74) is 0.521. The zero-order valence-electron chi connectivity index (χ0n) is 12.5. The Hall–Kier alpha value is -2.28. The molecule has 0 aliphatic carbocycles. The van der Waals surface area contributed by atoms with Gasteiger partial charge in [0.2, 0.25) is 5.91 Å². The van der Waals surface area contributed by atoms with Crippen molar-refractivity contribution < 1.29 is 24.2 Å². The van der Waals surface area contributed by atoms with E-state index in [1.165, 1.54) is 26.0 Å². The van der Waals surface area contributed by atoms with Crippen LogP contribution in [0.2, 0.25) is 0 Å². The summed E-state index contributed by atoms with van der Waals surface area (Å²) in [6.07, 6.45) is 0. The zero-order chi connectivity index (χ0) is 16.0. The molecule has 7 nitrogen and oxygen atoms in total. The number of carbonyl (C=O) groups is 2. The highest BCUT2D eigenvalue weighted by Crippen LogP contribution is 2.25. The van der Waals surface area contributed by atoms with Crippen LogP contribution in [0.25, 0.3) is 0 Å². The van der Waals surface area contributed by atoms with Gasteiger partial charge in [-0.2, -0.15) is 0 Å². The van der Waals surface area contributed by atoms with Crippen LogP contribution in [0.4, 0.5) is 5.69 Å². The standard InChI is InChI=1S/C14H20N2O5/c1-9(14(18)19)16(2)8-13(17)15-10-5-11(20-3)7-12(6-10)21-4/h5-7,9H,8H2,1-4H3,(H,15,17)(H,18,19). The first-order valence-electron chi connectivity index (χ1n) is 6.33. The molecule has 116 valence electrons. The smallest absolute Gasteiger partial charge is 0.320 e. The quantitative estimate of drug-likeness (QED) is 0.782. The van der Waals surface area contributed by atoms with Crippen LogP contribution in [-0.4, -0.2) is 55.7 Å². The van der Waals surface area contributed by atoms with E-state index in [1.807, 2.05) is 0 Å². The molecule has 0 saturated carbocycles. The Morgan fingerprint density at radius 3 is 2.19 bits per heavy atom. The lowest BCUT2D eigenvalue weighted by atomic mass is 10.2. The first-order chi connectivity index (χ1) is 9.87. The highest BCUT2D eigenvalue weighted by Gasteiger charge is 2.19. The van der Waals surface area contributed by atoms with Gasteiger partial charge in [0.1, 0.15) is 17.5 Å². The third-order valence-corrected chi connectivity index (χ3v) is 3.05. The lowest BCUT2D eigenvalue weighted by Crippen LogP contribution is -2.40. The number of carboxylic acids is 1. The second-order valence-electron chi connectivity index (χ2n) is 4.58. The van der Waals surface area contributed by atoms with Crippen LogP contribution < -0.4 is 14.8 Å². The number of likely N-dealkylation sites (N-methyl/N-ethyl adjacent to an activating group) is 1. The summed E-state index contributed by atoms with van der Waals surface area (Å²) >= 11 is 0. The van der Waals surface area contributed by atoms with E-state index in [-0.39, 0.29) is 12.5 Å². The largest absolute Gasteiger partial charge is 0.497 e. The van der Waals surface area contributed by atoms with Crippen molar-refractivity contribution in [3.63, 3.8) is 0 Å². The molecule has 7 heteroatoms. The zero-order valence-corrected chi connectivity index (χ0v) is 12.5. The third-order valence-electron chi connectivity index (χ3n) is 3.05. The molecule has 1 atom stereocenters. The number of hydrogen-bond donors (Lipinski definition) is 2. The minimum atomic E-state index is -0.978. The molecule has 1 aromatic carbocycles. The first kappa shape index (κ1) is 16.8. The van der Waals surface area contributed by atoms with Crippen LogP contribution in [0.5, 0.6) is 11.5 Å². The molecule has 0 spiro atoms. The van der Waals surface area contributed by atoms with Crippen molar-refractivity contribution in [2.24, 2.45) is 0 Å². The number of anilines is 1. The van der Waals surface area contributed by atoms with Gasteiger partial charge in [-0.05, 0) is 14.0 Å². The number of benzene rings is 1. The molecule has 0 aromatic heterocycles. The van der Waals surface area contributed by atoms with Crippen molar-refractivity contribution in [3.05, 3.63) is 18.2 Å².